The van der Waals surface area contributed by atoms with Crippen molar-refractivity contribution in [3.8, 4) is 0 Å². The van der Waals surface area contributed by atoms with Gasteiger partial charge in [0.2, 0.25) is 0 Å². The fourth-order valence-electron chi connectivity index (χ4n) is 4.55. The molecule has 3 rings (SSSR count). The molecule has 0 unspecified atom stereocenters. The number of hydrogen-bond acceptors (Lipinski definition) is 1. The molecule has 0 radical (unpaired) electrons. The van der Waals surface area contributed by atoms with Gasteiger partial charge in [-0.05, 0) is 96.4 Å². The van der Waals surface area contributed by atoms with Gasteiger partial charge in [-0.2, -0.15) is 0 Å². The summed E-state index contributed by atoms with van der Waals surface area (Å²) in [4.78, 5) is 4.73. The molecule has 0 bridgehead atoms. The molecule has 1 heteroatoms. The molecule has 0 N–H and O–H groups in total. The minimum Gasteiger partial charge on any atom is -0.288 e. The van der Waals surface area contributed by atoms with Crippen LogP contribution in [-0.2, 0) is 6.42 Å². The van der Waals surface area contributed by atoms with Gasteiger partial charge in [-0.1, -0.05) is 63.7 Å². The molecule has 0 aliphatic heterocycles. The smallest absolute Gasteiger partial charge is 0.0675 e. The SMILES string of the molecule is C=C(C)C(=NC)/C(=C(/c1cc(C(C)C)c(C)cc1C)C1CC1)c1ccc(CC)cc1. The van der Waals surface area contributed by atoms with E-state index >= 15 is 0 Å². The molecule has 0 heterocycles. The summed E-state index contributed by atoms with van der Waals surface area (Å²) in [5.74, 6) is 1.11. The summed E-state index contributed by atoms with van der Waals surface area (Å²) in [5.41, 5.74) is 13.0. The Morgan fingerprint density at radius 2 is 1.70 bits per heavy atom. The molecular formula is C29H37N. The number of hydrogen-bond donors (Lipinski definition) is 0. The number of benzene rings is 2. The van der Waals surface area contributed by atoms with Gasteiger partial charge >= 0.3 is 0 Å². The number of aryl methyl sites for hydroxylation is 3. The summed E-state index contributed by atoms with van der Waals surface area (Å²) >= 11 is 0. The van der Waals surface area contributed by atoms with Crippen LogP contribution >= 0.6 is 0 Å². The van der Waals surface area contributed by atoms with Crippen LogP contribution in [0, 0.1) is 19.8 Å². The van der Waals surface area contributed by atoms with Crippen molar-refractivity contribution in [1.29, 1.82) is 0 Å². The molecule has 1 fully saturated rings. The third-order valence-corrected chi connectivity index (χ3v) is 6.30. The largest absolute Gasteiger partial charge is 0.288 e. The van der Waals surface area contributed by atoms with Crippen LogP contribution in [0.5, 0.6) is 0 Å². The second-order valence-corrected chi connectivity index (χ2v) is 9.14. The van der Waals surface area contributed by atoms with Gasteiger partial charge in [-0.25, -0.2) is 0 Å². The van der Waals surface area contributed by atoms with Crippen LogP contribution in [0.3, 0.4) is 0 Å². The van der Waals surface area contributed by atoms with Gasteiger partial charge in [0.05, 0.1) is 5.71 Å². The van der Waals surface area contributed by atoms with Gasteiger partial charge < -0.3 is 0 Å². The van der Waals surface area contributed by atoms with Crippen molar-refractivity contribution in [2.24, 2.45) is 10.9 Å². The van der Waals surface area contributed by atoms with Crippen LogP contribution in [0.4, 0.5) is 0 Å². The zero-order valence-corrected chi connectivity index (χ0v) is 19.9. The Labute approximate surface area is 183 Å². The molecule has 1 aliphatic rings. The summed E-state index contributed by atoms with van der Waals surface area (Å²) in [6.07, 6.45) is 3.56. The quantitative estimate of drug-likeness (QED) is 0.331. The maximum absolute atomic E-state index is 4.73. The lowest BCUT2D eigenvalue weighted by Gasteiger charge is -2.22. The zero-order valence-electron chi connectivity index (χ0n) is 19.9. The van der Waals surface area contributed by atoms with Crippen LogP contribution in [0.1, 0.15) is 79.8 Å². The van der Waals surface area contributed by atoms with Crippen molar-refractivity contribution in [2.45, 2.75) is 66.7 Å². The van der Waals surface area contributed by atoms with Crippen molar-refractivity contribution in [2.75, 3.05) is 7.05 Å². The highest BCUT2D eigenvalue weighted by Crippen LogP contribution is 2.48. The highest BCUT2D eigenvalue weighted by atomic mass is 14.7. The third kappa shape index (κ3) is 4.51. The maximum Gasteiger partial charge on any atom is 0.0675 e. The fourth-order valence-corrected chi connectivity index (χ4v) is 4.55. The minimum atomic E-state index is 0.512. The van der Waals surface area contributed by atoms with E-state index in [0.717, 1.165) is 17.7 Å². The third-order valence-electron chi connectivity index (χ3n) is 6.30. The second-order valence-electron chi connectivity index (χ2n) is 9.14. The zero-order chi connectivity index (χ0) is 22.0. The Morgan fingerprint density at radius 3 is 2.17 bits per heavy atom. The first-order valence-corrected chi connectivity index (χ1v) is 11.4. The summed E-state index contributed by atoms with van der Waals surface area (Å²) in [6, 6.07) is 13.9. The highest BCUT2D eigenvalue weighted by molar-refractivity contribution is 6.36. The molecule has 0 atom stereocenters. The Balaban J connectivity index is 2.36. The van der Waals surface area contributed by atoms with Crippen molar-refractivity contribution in [3.63, 3.8) is 0 Å². The van der Waals surface area contributed by atoms with Gasteiger partial charge in [0.25, 0.3) is 0 Å². The van der Waals surface area contributed by atoms with Gasteiger partial charge in [0.1, 0.15) is 0 Å². The van der Waals surface area contributed by atoms with E-state index in [2.05, 4.69) is 84.5 Å². The van der Waals surface area contributed by atoms with Crippen LogP contribution in [0.15, 0.2) is 53.5 Å². The second kappa shape index (κ2) is 9.16. The molecular weight excluding hydrogens is 362 g/mol. The van der Waals surface area contributed by atoms with E-state index < -0.39 is 0 Å². The van der Waals surface area contributed by atoms with E-state index in [-0.39, 0.29) is 0 Å². The van der Waals surface area contributed by atoms with E-state index in [1.165, 1.54) is 57.4 Å². The minimum absolute atomic E-state index is 0.512. The van der Waals surface area contributed by atoms with Crippen molar-refractivity contribution in [1.82, 2.24) is 0 Å². The van der Waals surface area contributed by atoms with Crippen LogP contribution in [-0.4, -0.2) is 12.8 Å². The summed E-state index contributed by atoms with van der Waals surface area (Å²) in [5, 5.41) is 0. The molecule has 0 saturated heterocycles. The maximum atomic E-state index is 4.73. The summed E-state index contributed by atoms with van der Waals surface area (Å²) < 4.78 is 0. The number of aliphatic imine (C=N–C) groups is 1. The Morgan fingerprint density at radius 1 is 1.07 bits per heavy atom. The first-order valence-electron chi connectivity index (χ1n) is 11.4. The topological polar surface area (TPSA) is 12.4 Å². The monoisotopic (exact) mass is 399 g/mol. The van der Waals surface area contributed by atoms with Crippen LogP contribution in [0.25, 0.3) is 11.1 Å². The molecule has 158 valence electrons. The molecule has 1 aliphatic carbocycles. The van der Waals surface area contributed by atoms with Gasteiger partial charge in [0, 0.05) is 12.6 Å². The molecule has 0 aromatic heterocycles. The first kappa shape index (κ1) is 22.3. The number of nitrogens with zero attached hydrogens (tertiary/aromatic N) is 1. The average Bonchev–Trinajstić information content (AvgIpc) is 3.53. The lowest BCUT2D eigenvalue weighted by molar-refractivity contribution is 0.854. The molecule has 2 aromatic rings. The number of rotatable bonds is 7. The standard InChI is InChI=1S/C29H37N/c1-9-22-10-12-24(13-11-22)28(29(30-8)19(4)5)27(23-14-15-23)26-17-25(18(2)3)20(6)16-21(26)7/h10-13,16-18,23H,4,9,14-15H2,1-3,5-8H3/b28-27+,30-29?. The molecule has 0 spiro atoms. The van der Waals surface area contributed by atoms with Crippen molar-refractivity contribution >= 4 is 16.9 Å². The van der Waals surface area contributed by atoms with E-state index in [4.69, 9.17) is 4.99 Å². The Hall–Kier alpha value is -2.41. The summed E-state index contributed by atoms with van der Waals surface area (Å²) in [6.45, 7) is 17.6. The van der Waals surface area contributed by atoms with Gasteiger partial charge in [0.15, 0.2) is 0 Å². The van der Waals surface area contributed by atoms with Crippen LogP contribution < -0.4 is 0 Å². The van der Waals surface area contributed by atoms with Crippen LogP contribution in [0.2, 0.25) is 0 Å². The normalized spacial score (nSPS) is 15.4. The van der Waals surface area contributed by atoms with E-state index in [1.807, 2.05) is 7.05 Å². The molecule has 1 saturated carbocycles. The fraction of sp³-hybridized carbons (Fsp3) is 0.414. The first-order chi connectivity index (χ1) is 14.3. The lowest BCUT2D eigenvalue weighted by atomic mass is 9.82. The number of allylic oxidation sites excluding steroid dienone is 3. The Bertz CT molecular complexity index is 995. The van der Waals surface area contributed by atoms with E-state index in [0.29, 0.717) is 11.8 Å². The lowest BCUT2D eigenvalue weighted by Crippen LogP contribution is -2.09. The predicted octanol–water partition coefficient (Wildman–Crippen LogP) is 7.96. The molecule has 1 nitrogen and oxygen atoms in total. The van der Waals surface area contributed by atoms with Gasteiger partial charge in [-0.15, -0.1) is 0 Å². The molecule has 2 aromatic carbocycles. The van der Waals surface area contributed by atoms with E-state index in [9.17, 15) is 0 Å². The van der Waals surface area contributed by atoms with E-state index in [1.54, 1.807) is 0 Å². The average molecular weight is 400 g/mol. The summed E-state index contributed by atoms with van der Waals surface area (Å²) in [7, 11) is 1.90. The molecule has 0 amide bonds. The van der Waals surface area contributed by atoms with Gasteiger partial charge in [-0.3, -0.25) is 4.99 Å². The predicted molar refractivity (Wildman–Crippen MR) is 134 cm³/mol. The molecule has 30 heavy (non-hydrogen) atoms. The van der Waals surface area contributed by atoms with Crippen molar-refractivity contribution < 1.29 is 0 Å². The highest BCUT2D eigenvalue weighted by Gasteiger charge is 2.32. The Kier molecular flexibility index (Phi) is 6.81. The van der Waals surface area contributed by atoms with Crippen molar-refractivity contribution in [3.05, 3.63) is 81.9 Å².